The first-order valence-electron chi connectivity index (χ1n) is 9.49. The Hall–Kier alpha value is -2.99. The molecule has 0 aliphatic heterocycles. The van der Waals surface area contributed by atoms with Crippen molar-refractivity contribution in [1.29, 1.82) is 0 Å². The molecule has 2 aromatic carbocycles. The van der Waals surface area contributed by atoms with Gasteiger partial charge < -0.3 is 10.6 Å². The fraction of sp³-hybridized carbons (Fsp3) is 0.261. The Morgan fingerprint density at radius 3 is 2.52 bits per heavy atom. The SMILES string of the molecule is Cc1cccc(CNC(=O)c2sc(CC(=O)Nc3ccc(C)c(C)c3)nc2C)c1. The summed E-state index contributed by atoms with van der Waals surface area (Å²) in [6, 6.07) is 13.8. The summed E-state index contributed by atoms with van der Waals surface area (Å²) < 4.78 is 0. The van der Waals surface area contributed by atoms with Crippen LogP contribution in [0.1, 0.15) is 42.6 Å². The summed E-state index contributed by atoms with van der Waals surface area (Å²) in [7, 11) is 0. The van der Waals surface area contributed by atoms with E-state index in [4.69, 9.17) is 0 Å². The van der Waals surface area contributed by atoms with Crippen LogP contribution in [0.3, 0.4) is 0 Å². The summed E-state index contributed by atoms with van der Waals surface area (Å²) in [4.78, 5) is 29.9. The third kappa shape index (κ3) is 5.51. The zero-order valence-electron chi connectivity index (χ0n) is 17.1. The maximum Gasteiger partial charge on any atom is 0.263 e. The average Bonchev–Trinajstić information content (AvgIpc) is 3.03. The fourth-order valence-electron chi connectivity index (χ4n) is 2.99. The van der Waals surface area contributed by atoms with Crippen LogP contribution in [0.4, 0.5) is 5.69 Å². The molecule has 0 aliphatic rings. The highest BCUT2D eigenvalue weighted by Crippen LogP contribution is 2.20. The molecule has 0 radical (unpaired) electrons. The molecule has 1 heterocycles. The number of aromatic nitrogens is 1. The van der Waals surface area contributed by atoms with Crippen molar-refractivity contribution in [2.24, 2.45) is 0 Å². The number of amides is 2. The van der Waals surface area contributed by atoms with Crippen molar-refractivity contribution in [3.05, 3.63) is 80.3 Å². The molecule has 0 aliphatic carbocycles. The molecule has 0 unspecified atom stereocenters. The van der Waals surface area contributed by atoms with E-state index >= 15 is 0 Å². The molecule has 2 amide bonds. The molecule has 0 atom stereocenters. The molecular formula is C23H25N3O2S. The number of anilines is 1. The Morgan fingerprint density at radius 2 is 1.79 bits per heavy atom. The van der Waals surface area contributed by atoms with E-state index in [2.05, 4.69) is 15.6 Å². The third-order valence-electron chi connectivity index (χ3n) is 4.69. The van der Waals surface area contributed by atoms with E-state index in [1.807, 2.05) is 63.2 Å². The molecule has 0 saturated carbocycles. The smallest absolute Gasteiger partial charge is 0.263 e. The molecular weight excluding hydrogens is 382 g/mol. The van der Waals surface area contributed by atoms with Gasteiger partial charge in [0.25, 0.3) is 5.91 Å². The number of carbonyl (C=O) groups is 2. The molecule has 2 N–H and O–H groups in total. The predicted molar refractivity (Wildman–Crippen MR) is 117 cm³/mol. The summed E-state index contributed by atoms with van der Waals surface area (Å²) in [5, 5.41) is 6.46. The Kier molecular flexibility index (Phi) is 6.44. The second-order valence-corrected chi connectivity index (χ2v) is 8.30. The molecule has 150 valence electrons. The molecule has 29 heavy (non-hydrogen) atoms. The molecule has 0 bridgehead atoms. The largest absolute Gasteiger partial charge is 0.347 e. The van der Waals surface area contributed by atoms with Gasteiger partial charge in [-0.15, -0.1) is 11.3 Å². The summed E-state index contributed by atoms with van der Waals surface area (Å²) in [6.07, 6.45) is 0.142. The lowest BCUT2D eigenvalue weighted by molar-refractivity contribution is -0.115. The Bertz CT molecular complexity index is 1060. The van der Waals surface area contributed by atoms with E-state index in [0.29, 0.717) is 22.1 Å². The normalized spacial score (nSPS) is 10.6. The predicted octanol–water partition coefficient (Wildman–Crippen LogP) is 4.49. The van der Waals surface area contributed by atoms with Crippen LogP contribution >= 0.6 is 11.3 Å². The van der Waals surface area contributed by atoms with Crippen molar-refractivity contribution in [2.75, 3.05) is 5.32 Å². The highest BCUT2D eigenvalue weighted by atomic mass is 32.1. The van der Waals surface area contributed by atoms with Gasteiger partial charge in [0.05, 0.1) is 12.1 Å². The lowest BCUT2D eigenvalue weighted by atomic mass is 10.1. The van der Waals surface area contributed by atoms with E-state index in [1.165, 1.54) is 16.9 Å². The van der Waals surface area contributed by atoms with Gasteiger partial charge in [-0.2, -0.15) is 0 Å². The van der Waals surface area contributed by atoms with Gasteiger partial charge in [-0.3, -0.25) is 9.59 Å². The maximum absolute atomic E-state index is 12.5. The number of carbonyl (C=O) groups excluding carboxylic acids is 2. The second kappa shape index (κ2) is 9.01. The van der Waals surface area contributed by atoms with Crippen LogP contribution in [0.5, 0.6) is 0 Å². The molecule has 0 spiro atoms. The van der Waals surface area contributed by atoms with Crippen LogP contribution in [-0.4, -0.2) is 16.8 Å². The number of hydrogen-bond donors (Lipinski definition) is 2. The molecule has 6 heteroatoms. The van der Waals surface area contributed by atoms with E-state index < -0.39 is 0 Å². The first-order chi connectivity index (χ1) is 13.8. The lowest BCUT2D eigenvalue weighted by Crippen LogP contribution is -2.22. The summed E-state index contributed by atoms with van der Waals surface area (Å²) in [6.45, 7) is 8.32. The summed E-state index contributed by atoms with van der Waals surface area (Å²) >= 11 is 1.27. The van der Waals surface area contributed by atoms with Gasteiger partial charge in [0.15, 0.2) is 0 Å². The van der Waals surface area contributed by atoms with Gasteiger partial charge in [0.1, 0.15) is 9.88 Å². The highest BCUT2D eigenvalue weighted by molar-refractivity contribution is 7.13. The van der Waals surface area contributed by atoms with Gasteiger partial charge in [0.2, 0.25) is 5.91 Å². The van der Waals surface area contributed by atoms with Crippen molar-refractivity contribution in [3.8, 4) is 0 Å². The topological polar surface area (TPSA) is 71.1 Å². The third-order valence-corrected chi connectivity index (χ3v) is 5.84. The summed E-state index contributed by atoms with van der Waals surface area (Å²) in [5.74, 6) is -0.309. The minimum Gasteiger partial charge on any atom is -0.347 e. The maximum atomic E-state index is 12.5. The number of hydrogen-bond acceptors (Lipinski definition) is 4. The molecule has 5 nitrogen and oxygen atoms in total. The van der Waals surface area contributed by atoms with Gasteiger partial charge in [-0.25, -0.2) is 4.98 Å². The van der Waals surface area contributed by atoms with Crippen LogP contribution < -0.4 is 10.6 Å². The Morgan fingerprint density at radius 1 is 1.00 bits per heavy atom. The molecule has 3 rings (SSSR count). The van der Waals surface area contributed by atoms with Crippen LogP contribution in [0.15, 0.2) is 42.5 Å². The number of nitrogens with one attached hydrogen (secondary N) is 2. The first kappa shape index (κ1) is 20.7. The van der Waals surface area contributed by atoms with E-state index in [-0.39, 0.29) is 18.2 Å². The molecule has 3 aromatic rings. The summed E-state index contributed by atoms with van der Waals surface area (Å²) in [5.41, 5.74) is 5.92. The van der Waals surface area contributed by atoms with E-state index in [1.54, 1.807) is 6.92 Å². The minimum absolute atomic E-state index is 0.142. The van der Waals surface area contributed by atoms with E-state index in [0.717, 1.165) is 22.4 Å². The number of nitrogens with zero attached hydrogens (tertiary/aromatic N) is 1. The molecule has 1 aromatic heterocycles. The van der Waals surface area contributed by atoms with Crippen molar-refractivity contribution in [2.45, 2.75) is 40.7 Å². The zero-order chi connectivity index (χ0) is 21.0. The van der Waals surface area contributed by atoms with Gasteiger partial charge in [-0.05, 0) is 56.5 Å². The van der Waals surface area contributed by atoms with Gasteiger partial charge in [-0.1, -0.05) is 35.9 Å². The second-order valence-electron chi connectivity index (χ2n) is 7.22. The number of thiazole rings is 1. The quantitative estimate of drug-likeness (QED) is 0.632. The first-order valence-corrected chi connectivity index (χ1v) is 10.3. The monoisotopic (exact) mass is 407 g/mol. The molecule has 0 saturated heterocycles. The van der Waals surface area contributed by atoms with Crippen LogP contribution in [-0.2, 0) is 17.8 Å². The van der Waals surface area contributed by atoms with Crippen molar-refractivity contribution in [1.82, 2.24) is 10.3 Å². The molecule has 0 fully saturated rings. The van der Waals surface area contributed by atoms with E-state index in [9.17, 15) is 9.59 Å². The number of benzene rings is 2. The minimum atomic E-state index is -0.165. The zero-order valence-corrected chi connectivity index (χ0v) is 17.9. The van der Waals surface area contributed by atoms with Crippen LogP contribution in [0, 0.1) is 27.7 Å². The van der Waals surface area contributed by atoms with Crippen molar-refractivity contribution >= 4 is 28.8 Å². The van der Waals surface area contributed by atoms with Gasteiger partial charge in [0, 0.05) is 12.2 Å². The Labute approximate surface area is 175 Å². The van der Waals surface area contributed by atoms with Crippen LogP contribution in [0.25, 0.3) is 0 Å². The highest BCUT2D eigenvalue weighted by Gasteiger charge is 2.17. The number of aryl methyl sites for hydroxylation is 4. The number of rotatable bonds is 6. The standard InChI is InChI=1S/C23H25N3O2S/c1-14-6-5-7-18(10-14)13-24-23(28)22-17(4)25-21(29-22)12-20(27)26-19-9-8-15(2)16(3)11-19/h5-11H,12-13H2,1-4H3,(H,24,28)(H,26,27). The Balaban J connectivity index is 1.60. The van der Waals surface area contributed by atoms with Crippen LogP contribution in [0.2, 0.25) is 0 Å². The lowest BCUT2D eigenvalue weighted by Gasteiger charge is -2.06. The van der Waals surface area contributed by atoms with Crippen molar-refractivity contribution < 1.29 is 9.59 Å². The fourth-order valence-corrected chi connectivity index (χ4v) is 3.96. The van der Waals surface area contributed by atoms with Crippen molar-refractivity contribution in [3.63, 3.8) is 0 Å². The average molecular weight is 408 g/mol. The van der Waals surface area contributed by atoms with Gasteiger partial charge >= 0.3 is 0 Å².